The van der Waals surface area contributed by atoms with Gasteiger partial charge in [-0.1, -0.05) is 13.3 Å². The van der Waals surface area contributed by atoms with Crippen molar-refractivity contribution in [1.29, 1.82) is 0 Å². The minimum absolute atomic E-state index is 0.0141. The topological polar surface area (TPSA) is 24.5 Å². The fourth-order valence-corrected chi connectivity index (χ4v) is 2.41. The summed E-state index contributed by atoms with van der Waals surface area (Å²) in [6.07, 6.45) is 5.21. The third-order valence-electron chi connectivity index (χ3n) is 3.93. The lowest BCUT2D eigenvalue weighted by Crippen LogP contribution is -2.47. The number of hydrogen-bond donors (Lipinski definition) is 1. The predicted octanol–water partition coefficient (Wildman–Crippen LogP) is 2.27. The summed E-state index contributed by atoms with van der Waals surface area (Å²) >= 11 is 0. The zero-order valence-corrected chi connectivity index (χ0v) is 12.1. The van der Waals surface area contributed by atoms with Crippen LogP contribution in [0.15, 0.2) is 0 Å². The van der Waals surface area contributed by atoms with Gasteiger partial charge in [-0.3, -0.25) is 4.90 Å². The van der Waals surface area contributed by atoms with Gasteiger partial charge < -0.3 is 10.1 Å². The maximum absolute atomic E-state index is 5.50. The zero-order chi connectivity index (χ0) is 12.7. The normalized spacial score (nSPS) is 22.9. The number of methoxy groups -OCH3 is 1. The standard InChI is InChI=1S/C14H30N2O/c1-5-15-12-13-8-6-7-10-16(13)11-9-14(2,3)17-4/h13,15H,5-12H2,1-4H3. The molecule has 0 bridgehead atoms. The van der Waals surface area contributed by atoms with Crippen molar-refractivity contribution < 1.29 is 4.74 Å². The van der Waals surface area contributed by atoms with E-state index < -0.39 is 0 Å². The summed E-state index contributed by atoms with van der Waals surface area (Å²) in [7, 11) is 1.81. The Hall–Kier alpha value is -0.120. The van der Waals surface area contributed by atoms with E-state index in [9.17, 15) is 0 Å². The Labute approximate surface area is 107 Å². The average molecular weight is 242 g/mol. The number of piperidine rings is 1. The third-order valence-corrected chi connectivity index (χ3v) is 3.93. The number of hydrogen-bond acceptors (Lipinski definition) is 3. The van der Waals surface area contributed by atoms with E-state index in [4.69, 9.17) is 4.74 Å². The smallest absolute Gasteiger partial charge is 0.0634 e. The molecular formula is C14H30N2O. The molecule has 102 valence electrons. The molecule has 1 N–H and O–H groups in total. The van der Waals surface area contributed by atoms with Crippen molar-refractivity contribution in [1.82, 2.24) is 10.2 Å². The number of likely N-dealkylation sites (N-methyl/N-ethyl adjacent to an activating group) is 1. The molecule has 0 radical (unpaired) electrons. The number of nitrogens with one attached hydrogen (secondary N) is 1. The van der Waals surface area contributed by atoms with Gasteiger partial charge in [0.05, 0.1) is 5.60 Å². The van der Waals surface area contributed by atoms with E-state index in [1.54, 1.807) is 0 Å². The van der Waals surface area contributed by atoms with E-state index in [0.717, 1.165) is 32.1 Å². The first-order valence-corrected chi connectivity index (χ1v) is 7.09. The minimum atomic E-state index is 0.0141. The molecule has 1 fully saturated rings. The second kappa shape index (κ2) is 7.34. The summed E-state index contributed by atoms with van der Waals surface area (Å²) in [4.78, 5) is 2.65. The fourth-order valence-electron chi connectivity index (χ4n) is 2.41. The highest BCUT2D eigenvalue weighted by Gasteiger charge is 2.24. The second-order valence-corrected chi connectivity index (χ2v) is 5.71. The van der Waals surface area contributed by atoms with Crippen molar-refractivity contribution in [2.45, 2.75) is 58.1 Å². The minimum Gasteiger partial charge on any atom is -0.379 e. The summed E-state index contributed by atoms with van der Waals surface area (Å²) in [5, 5.41) is 3.49. The average Bonchev–Trinajstić information content (AvgIpc) is 2.35. The molecule has 0 aromatic carbocycles. The quantitative estimate of drug-likeness (QED) is 0.741. The molecule has 3 heteroatoms. The molecule has 0 aromatic heterocycles. The van der Waals surface area contributed by atoms with Crippen molar-refractivity contribution in [2.75, 3.05) is 33.3 Å². The second-order valence-electron chi connectivity index (χ2n) is 5.71. The summed E-state index contributed by atoms with van der Waals surface area (Å²) in [5.41, 5.74) is 0.0141. The number of nitrogens with zero attached hydrogens (tertiary/aromatic N) is 1. The van der Waals surface area contributed by atoms with Gasteiger partial charge in [-0.05, 0) is 46.2 Å². The van der Waals surface area contributed by atoms with Gasteiger partial charge in [0, 0.05) is 26.2 Å². The Balaban J connectivity index is 2.37. The van der Waals surface area contributed by atoms with Crippen LogP contribution in [0.1, 0.15) is 46.5 Å². The van der Waals surface area contributed by atoms with Crippen molar-refractivity contribution in [2.24, 2.45) is 0 Å². The van der Waals surface area contributed by atoms with Gasteiger partial charge in [-0.25, -0.2) is 0 Å². The third kappa shape index (κ3) is 5.36. The number of likely N-dealkylation sites (tertiary alicyclic amines) is 1. The predicted molar refractivity (Wildman–Crippen MR) is 73.5 cm³/mol. The van der Waals surface area contributed by atoms with Gasteiger partial charge in [-0.2, -0.15) is 0 Å². The lowest BCUT2D eigenvalue weighted by Gasteiger charge is -2.37. The van der Waals surface area contributed by atoms with Gasteiger partial charge in [0.25, 0.3) is 0 Å². The van der Waals surface area contributed by atoms with E-state index in [1.165, 1.54) is 25.8 Å². The van der Waals surface area contributed by atoms with Gasteiger partial charge in [0.2, 0.25) is 0 Å². The van der Waals surface area contributed by atoms with Crippen LogP contribution in [0.2, 0.25) is 0 Å². The zero-order valence-electron chi connectivity index (χ0n) is 12.1. The number of ether oxygens (including phenoxy) is 1. The molecule has 0 aliphatic carbocycles. The lowest BCUT2D eigenvalue weighted by molar-refractivity contribution is 0.00101. The summed E-state index contributed by atoms with van der Waals surface area (Å²) in [6, 6.07) is 0.733. The van der Waals surface area contributed by atoms with Crippen molar-refractivity contribution in [3.63, 3.8) is 0 Å². The highest BCUT2D eigenvalue weighted by molar-refractivity contribution is 4.81. The monoisotopic (exact) mass is 242 g/mol. The molecule has 3 nitrogen and oxygen atoms in total. The van der Waals surface area contributed by atoms with E-state index in [2.05, 4.69) is 31.0 Å². The van der Waals surface area contributed by atoms with Crippen LogP contribution in [0.4, 0.5) is 0 Å². The van der Waals surface area contributed by atoms with Crippen molar-refractivity contribution in [3.05, 3.63) is 0 Å². The Bertz CT molecular complexity index is 206. The Morgan fingerprint density at radius 3 is 2.76 bits per heavy atom. The fraction of sp³-hybridized carbons (Fsp3) is 1.00. The van der Waals surface area contributed by atoms with Crippen molar-refractivity contribution in [3.8, 4) is 0 Å². The largest absolute Gasteiger partial charge is 0.379 e. The molecule has 1 atom stereocenters. The van der Waals surface area contributed by atoms with Crippen molar-refractivity contribution >= 4 is 0 Å². The first kappa shape index (κ1) is 14.9. The summed E-state index contributed by atoms with van der Waals surface area (Å²) in [5.74, 6) is 0. The molecule has 1 heterocycles. The molecule has 0 spiro atoms. The first-order chi connectivity index (χ1) is 8.09. The van der Waals surface area contributed by atoms with Crippen LogP contribution in [-0.4, -0.2) is 49.8 Å². The summed E-state index contributed by atoms with van der Waals surface area (Å²) < 4.78 is 5.50. The van der Waals surface area contributed by atoms with Crippen LogP contribution in [0, 0.1) is 0 Å². The highest BCUT2D eigenvalue weighted by Crippen LogP contribution is 2.20. The van der Waals surface area contributed by atoms with E-state index in [1.807, 2.05) is 7.11 Å². The molecular weight excluding hydrogens is 212 g/mol. The van der Waals surface area contributed by atoms with Gasteiger partial charge in [-0.15, -0.1) is 0 Å². The lowest BCUT2D eigenvalue weighted by atomic mass is 9.99. The van der Waals surface area contributed by atoms with Crippen LogP contribution in [-0.2, 0) is 4.74 Å². The van der Waals surface area contributed by atoms with E-state index in [0.29, 0.717) is 0 Å². The van der Waals surface area contributed by atoms with Gasteiger partial charge in [0.15, 0.2) is 0 Å². The molecule has 0 saturated carbocycles. The van der Waals surface area contributed by atoms with Crippen LogP contribution >= 0.6 is 0 Å². The van der Waals surface area contributed by atoms with Gasteiger partial charge >= 0.3 is 0 Å². The summed E-state index contributed by atoms with van der Waals surface area (Å²) in [6.45, 7) is 11.2. The van der Waals surface area contributed by atoms with Gasteiger partial charge in [0.1, 0.15) is 0 Å². The first-order valence-electron chi connectivity index (χ1n) is 7.09. The SMILES string of the molecule is CCNCC1CCCCN1CCC(C)(C)OC. The Kier molecular flexibility index (Phi) is 6.45. The van der Waals surface area contributed by atoms with Crippen LogP contribution in [0.3, 0.4) is 0 Å². The molecule has 1 aliphatic rings. The molecule has 1 aliphatic heterocycles. The molecule has 17 heavy (non-hydrogen) atoms. The molecule has 1 unspecified atom stereocenters. The van der Waals surface area contributed by atoms with Crippen LogP contribution < -0.4 is 5.32 Å². The Morgan fingerprint density at radius 1 is 1.35 bits per heavy atom. The molecule has 1 rings (SSSR count). The van der Waals surface area contributed by atoms with Crippen LogP contribution in [0.25, 0.3) is 0 Å². The van der Waals surface area contributed by atoms with E-state index >= 15 is 0 Å². The molecule has 0 aromatic rings. The van der Waals surface area contributed by atoms with E-state index in [-0.39, 0.29) is 5.60 Å². The van der Waals surface area contributed by atoms with Crippen LogP contribution in [0.5, 0.6) is 0 Å². The maximum atomic E-state index is 5.50. The highest BCUT2D eigenvalue weighted by atomic mass is 16.5. The number of rotatable bonds is 7. The molecule has 1 saturated heterocycles. The maximum Gasteiger partial charge on any atom is 0.0634 e. The molecule has 0 amide bonds. The Morgan fingerprint density at radius 2 is 2.12 bits per heavy atom.